The van der Waals surface area contributed by atoms with Gasteiger partial charge in [0.15, 0.2) is 11.5 Å². The minimum Gasteiger partial charge on any atom is -0.454 e. The molecule has 1 heterocycles. The molecule has 0 saturated carbocycles. The van der Waals surface area contributed by atoms with Crippen molar-refractivity contribution in [3.63, 3.8) is 0 Å². The summed E-state index contributed by atoms with van der Waals surface area (Å²) in [7, 11) is -3.86. The first kappa shape index (κ1) is 27.9. The van der Waals surface area contributed by atoms with Gasteiger partial charge in [-0.2, -0.15) is 0 Å². The van der Waals surface area contributed by atoms with Crippen LogP contribution >= 0.6 is 23.2 Å². The second kappa shape index (κ2) is 12.0. The SMILES string of the molecule is CCNC(=O)C(CC)N(Cc1ccc(Cl)c(Cl)c1)C(=O)CN(c1ccc2c(c1)OCO2)S(=O)(=O)CC. The van der Waals surface area contributed by atoms with Gasteiger partial charge >= 0.3 is 0 Å². The van der Waals surface area contributed by atoms with Crippen LogP contribution in [0, 0.1) is 0 Å². The van der Waals surface area contributed by atoms with Crippen LogP contribution in [0.15, 0.2) is 36.4 Å². The number of amides is 2. The van der Waals surface area contributed by atoms with Crippen LogP contribution in [0.25, 0.3) is 0 Å². The van der Waals surface area contributed by atoms with Gasteiger partial charge in [0.1, 0.15) is 12.6 Å². The first-order valence-electron chi connectivity index (χ1n) is 11.5. The number of carbonyl (C=O) groups is 2. The molecule has 0 aromatic heterocycles. The molecule has 3 rings (SSSR count). The number of rotatable bonds is 11. The highest BCUT2D eigenvalue weighted by atomic mass is 35.5. The molecule has 2 aromatic carbocycles. The summed E-state index contributed by atoms with van der Waals surface area (Å²) in [5, 5.41) is 3.42. The van der Waals surface area contributed by atoms with E-state index in [1.165, 1.54) is 17.9 Å². The minimum atomic E-state index is -3.86. The molecule has 0 fully saturated rings. The smallest absolute Gasteiger partial charge is 0.244 e. The predicted octanol–water partition coefficient (Wildman–Crippen LogP) is 3.82. The molecule has 12 heteroatoms. The molecule has 1 aliphatic rings. The van der Waals surface area contributed by atoms with Crippen molar-refractivity contribution in [2.45, 2.75) is 39.8 Å². The fourth-order valence-corrected chi connectivity index (χ4v) is 5.18. The van der Waals surface area contributed by atoms with E-state index in [0.29, 0.717) is 40.1 Å². The molecule has 1 aliphatic heterocycles. The number of hydrogen-bond donors (Lipinski definition) is 1. The Morgan fingerprint density at radius 3 is 2.39 bits per heavy atom. The van der Waals surface area contributed by atoms with Crippen molar-refractivity contribution in [2.24, 2.45) is 0 Å². The highest BCUT2D eigenvalue weighted by Crippen LogP contribution is 2.36. The number of benzene rings is 2. The van der Waals surface area contributed by atoms with Gasteiger partial charge in [0.05, 0.1) is 21.5 Å². The second-order valence-corrected chi connectivity index (χ2v) is 11.0. The van der Waals surface area contributed by atoms with Crippen LogP contribution in [0.1, 0.15) is 32.8 Å². The third-order valence-corrected chi connectivity index (χ3v) is 8.18. The van der Waals surface area contributed by atoms with Crippen LogP contribution in [-0.2, 0) is 26.2 Å². The maximum atomic E-state index is 13.7. The van der Waals surface area contributed by atoms with Gasteiger partial charge in [-0.1, -0.05) is 36.2 Å². The van der Waals surface area contributed by atoms with Crippen LogP contribution in [0.4, 0.5) is 5.69 Å². The Labute approximate surface area is 221 Å². The Morgan fingerprint density at radius 1 is 1.03 bits per heavy atom. The van der Waals surface area contributed by atoms with E-state index in [2.05, 4.69) is 5.32 Å². The maximum absolute atomic E-state index is 13.7. The molecule has 2 amide bonds. The van der Waals surface area contributed by atoms with Crippen molar-refractivity contribution in [3.05, 3.63) is 52.0 Å². The molecule has 0 radical (unpaired) electrons. The number of halogens is 2. The Kier molecular flexibility index (Phi) is 9.32. The zero-order valence-corrected chi connectivity index (χ0v) is 22.6. The molecule has 2 aromatic rings. The van der Waals surface area contributed by atoms with Crippen molar-refractivity contribution < 1.29 is 27.5 Å². The van der Waals surface area contributed by atoms with Crippen LogP contribution < -0.4 is 19.1 Å². The third kappa shape index (κ3) is 6.35. The fraction of sp³-hybridized carbons (Fsp3) is 0.417. The lowest BCUT2D eigenvalue weighted by molar-refractivity contribution is -0.140. The van der Waals surface area contributed by atoms with Gasteiger partial charge in [-0.25, -0.2) is 8.42 Å². The molecule has 1 N–H and O–H groups in total. The van der Waals surface area contributed by atoms with Crippen LogP contribution in [0.2, 0.25) is 10.0 Å². The first-order chi connectivity index (χ1) is 17.1. The summed E-state index contributed by atoms with van der Waals surface area (Å²) < 4.78 is 37.8. The zero-order chi connectivity index (χ0) is 26.5. The number of sulfonamides is 1. The molecule has 0 saturated heterocycles. The summed E-state index contributed by atoms with van der Waals surface area (Å²) >= 11 is 12.2. The van der Waals surface area contributed by atoms with E-state index < -0.39 is 28.5 Å². The molecule has 1 unspecified atom stereocenters. The van der Waals surface area contributed by atoms with E-state index in [4.69, 9.17) is 32.7 Å². The monoisotopic (exact) mass is 557 g/mol. The maximum Gasteiger partial charge on any atom is 0.244 e. The number of nitrogens with one attached hydrogen (secondary N) is 1. The standard InChI is InChI=1S/C24H29Cl2N3O6S/c1-4-20(24(31)27-5-2)28(13-16-7-9-18(25)19(26)11-16)23(30)14-29(36(32,33)6-3)17-8-10-21-22(12-17)35-15-34-21/h7-12,20H,4-6,13-15H2,1-3H3,(H,27,31). The van der Waals surface area contributed by atoms with Crippen LogP contribution in [0.5, 0.6) is 11.5 Å². The van der Waals surface area contributed by atoms with E-state index in [1.807, 2.05) is 0 Å². The summed E-state index contributed by atoms with van der Waals surface area (Å²) in [4.78, 5) is 27.9. The Hall–Kier alpha value is -2.69. The fourth-order valence-electron chi connectivity index (χ4n) is 3.81. The lowest BCUT2D eigenvalue weighted by Crippen LogP contribution is -2.52. The van der Waals surface area contributed by atoms with Crippen molar-refractivity contribution in [1.82, 2.24) is 10.2 Å². The first-order valence-corrected chi connectivity index (χ1v) is 13.9. The number of nitrogens with zero attached hydrogens (tertiary/aromatic N) is 2. The number of carbonyl (C=O) groups excluding carboxylic acids is 2. The van der Waals surface area contributed by atoms with Gasteiger partial charge in [0.25, 0.3) is 0 Å². The molecule has 196 valence electrons. The highest BCUT2D eigenvalue weighted by molar-refractivity contribution is 7.92. The molecular weight excluding hydrogens is 529 g/mol. The van der Waals surface area contributed by atoms with E-state index in [0.717, 1.165) is 4.31 Å². The van der Waals surface area contributed by atoms with E-state index in [-0.39, 0.29) is 30.7 Å². The molecular formula is C24H29Cl2N3O6S. The summed E-state index contributed by atoms with van der Waals surface area (Å²) in [5.41, 5.74) is 0.906. The lowest BCUT2D eigenvalue weighted by atomic mass is 10.1. The lowest BCUT2D eigenvalue weighted by Gasteiger charge is -2.33. The van der Waals surface area contributed by atoms with Gasteiger partial charge in [-0.15, -0.1) is 0 Å². The van der Waals surface area contributed by atoms with Crippen molar-refractivity contribution >= 4 is 50.7 Å². The summed E-state index contributed by atoms with van der Waals surface area (Å²) in [6, 6.07) is 8.78. The van der Waals surface area contributed by atoms with Gasteiger partial charge in [0, 0.05) is 19.2 Å². The molecule has 36 heavy (non-hydrogen) atoms. The number of fused-ring (bicyclic) bond motifs is 1. The van der Waals surface area contributed by atoms with Crippen LogP contribution in [-0.4, -0.2) is 56.8 Å². The molecule has 1 atom stereocenters. The summed E-state index contributed by atoms with van der Waals surface area (Å²) in [6.07, 6.45) is 0.323. The Bertz CT molecular complexity index is 1220. The van der Waals surface area contributed by atoms with Gasteiger partial charge in [0.2, 0.25) is 28.6 Å². The number of likely N-dealkylation sites (N-methyl/N-ethyl adjacent to an activating group) is 1. The summed E-state index contributed by atoms with van der Waals surface area (Å²) in [6.45, 7) is 5.01. The van der Waals surface area contributed by atoms with E-state index >= 15 is 0 Å². The molecule has 0 bridgehead atoms. The van der Waals surface area contributed by atoms with Gasteiger partial charge in [-0.05, 0) is 50.1 Å². The Balaban J connectivity index is 1.98. The molecule has 0 spiro atoms. The second-order valence-electron chi connectivity index (χ2n) is 8.03. The predicted molar refractivity (Wildman–Crippen MR) is 139 cm³/mol. The third-order valence-electron chi connectivity index (χ3n) is 5.70. The van der Waals surface area contributed by atoms with Crippen molar-refractivity contribution in [3.8, 4) is 11.5 Å². The average Bonchev–Trinajstić information content (AvgIpc) is 3.32. The highest BCUT2D eigenvalue weighted by Gasteiger charge is 2.33. The van der Waals surface area contributed by atoms with Crippen molar-refractivity contribution in [1.29, 1.82) is 0 Å². The topological polar surface area (TPSA) is 105 Å². The van der Waals surface area contributed by atoms with Crippen LogP contribution in [0.3, 0.4) is 0 Å². The average molecular weight is 558 g/mol. The van der Waals surface area contributed by atoms with Gasteiger partial charge in [-0.3, -0.25) is 13.9 Å². The number of anilines is 1. The summed E-state index contributed by atoms with van der Waals surface area (Å²) in [5.74, 6) is -0.231. The van der Waals surface area contributed by atoms with Gasteiger partial charge < -0.3 is 19.7 Å². The molecule has 9 nitrogen and oxygen atoms in total. The van der Waals surface area contributed by atoms with E-state index in [9.17, 15) is 18.0 Å². The zero-order valence-electron chi connectivity index (χ0n) is 20.3. The van der Waals surface area contributed by atoms with Crippen molar-refractivity contribution in [2.75, 3.05) is 29.9 Å². The normalized spacial score (nSPS) is 13.2. The number of hydrogen-bond acceptors (Lipinski definition) is 6. The largest absolute Gasteiger partial charge is 0.454 e. The quantitative estimate of drug-likeness (QED) is 0.450. The molecule has 0 aliphatic carbocycles. The minimum absolute atomic E-state index is 0.0282. The Morgan fingerprint density at radius 2 is 1.75 bits per heavy atom. The van der Waals surface area contributed by atoms with E-state index in [1.54, 1.807) is 44.2 Å². The number of ether oxygens (including phenoxy) is 2.